The molecule has 9 rings (SSSR count). The van der Waals surface area contributed by atoms with E-state index in [2.05, 4.69) is 46.4 Å². The number of rotatable bonds is 5. The maximum absolute atomic E-state index is 13.0. The molecule has 1 unspecified atom stereocenters. The van der Waals surface area contributed by atoms with Gasteiger partial charge in [0.2, 0.25) is 0 Å². The first-order valence-corrected chi connectivity index (χ1v) is 19.7. The number of benzene rings is 2. The van der Waals surface area contributed by atoms with Gasteiger partial charge in [0.05, 0.1) is 35.9 Å². The van der Waals surface area contributed by atoms with Gasteiger partial charge in [0.15, 0.2) is 0 Å². The first-order chi connectivity index (χ1) is 26.3. The van der Waals surface area contributed by atoms with E-state index in [0.717, 1.165) is 95.3 Å². The van der Waals surface area contributed by atoms with Crippen molar-refractivity contribution in [2.45, 2.75) is 109 Å². The Bertz CT molecular complexity index is 2180. The zero-order valence-electron chi connectivity index (χ0n) is 32.5. The van der Waals surface area contributed by atoms with Crippen LogP contribution in [0, 0.1) is 5.92 Å². The minimum atomic E-state index is -0.557. The van der Waals surface area contributed by atoms with Gasteiger partial charge in [0, 0.05) is 52.4 Å². The second-order valence-electron chi connectivity index (χ2n) is 17.5. The molecule has 2 saturated heterocycles. The van der Waals surface area contributed by atoms with Crippen LogP contribution in [0.1, 0.15) is 115 Å². The summed E-state index contributed by atoms with van der Waals surface area (Å²) in [6, 6.07) is 12.4. The SMILES string of the molecule is CC(C)(C)OC(=O)N1CCC[C@H]1c1ncc(-c2ccc3c(c2)OC(C2CC2)C2=C3COc3cc(-c4cnc([C@@H]5CCCN5C(=O)OC(C)(C)C)[nH]4)ccc32)[nH]1. The van der Waals surface area contributed by atoms with E-state index in [1.807, 2.05) is 53.9 Å². The molecule has 2 aromatic carbocycles. The van der Waals surface area contributed by atoms with Gasteiger partial charge in [-0.05, 0) is 92.2 Å². The van der Waals surface area contributed by atoms with Gasteiger partial charge < -0.3 is 28.9 Å². The smallest absolute Gasteiger partial charge is 0.410 e. The largest absolute Gasteiger partial charge is 0.488 e. The van der Waals surface area contributed by atoms with E-state index in [4.69, 9.17) is 28.9 Å². The predicted molar refractivity (Wildman–Crippen MR) is 207 cm³/mol. The molecule has 0 radical (unpaired) electrons. The van der Waals surface area contributed by atoms with Crippen LogP contribution in [-0.4, -0.2) is 78.9 Å². The molecule has 288 valence electrons. The van der Waals surface area contributed by atoms with Gasteiger partial charge in [-0.1, -0.05) is 24.3 Å². The Kier molecular flexibility index (Phi) is 8.51. The molecule has 2 N–H and O–H groups in total. The van der Waals surface area contributed by atoms with Gasteiger partial charge in [-0.2, -0.15) is 0 Å². The average Bonchev–Trinajstić information content (AvgIpc) is 3.61. The summed E-state index contributed by atoms with van der Waals surface area (Å²) in [7, 11) is 0. The number of aromatic amines is 2. The normalized spacial score (nSPS) is 22.1. The van der Waals surface area contributed by atoms with Crippen molar-refractivity contribution < 1.29 is 28.5 Å². The molecule has 12 nitrogen and oxygen atoms in total. The molecule has 4 aliphatic heterocycles. The van der Waals surface area contributed by atoms with E-state index < -0.39 is 11.2 Å². The topological polar surface area (TPSA) is 135 Å². The number of imidazole rings is 2. The van der Waals surface area contributed by atoms with Crippen molar-refractivity contribution >= 4 is 23.3 Å². The van der Waals surface area contributed by atoms with Gasteiger partial charge in [0.25, 0.3) is 0 Å². The monoisotopic (exact) mass is 746 g/mol. The van der Waals surface area contributed by atoms with Gasteiger partial charge in [-0.3, -0.25) is 9.80 Å². The third-order valence-corrected chi connectivity index (χ3v) is 11.1. The molecule has 6 heterocycles. The number of aromatic nitrogens is 4. The lowest BCUT2D eigenvalue weighted by molar-refractivity contribution is 0.0208. The average molecular weight is 747 g/mol. The molecule has 2 amide bonds. The summed E-state index contributed by atoms with van der Waals surface area (Å²) in [6.07, 6.45) is 8.74. The van der Waals surface area contributed by atoms with Gasteiger partial charge in [-0.15, -0.1) is 0 Å². The van der Waals surface area contributed by atoms with Crippen LogP contribution >= 0.6 is 0 Å². The molecule has 55 heavy (non-hydrogen) atoms. The zero-order chi connectivity index (χ0) is 38.2. The first-order valence-electron chi connectivity index (χ1n) is 19.7. The minimum Gasteiger partial charge on any atom is -0.488 e. The lowest BCUT2D eigenvalue weighted by atomic mass is 9.84. The number of H-pyrrole nitrogens is 2. The molecular formula is C43H50N6O6. The quantitative estimate of drug-likeness (QED) is 0.207. The Labute approximate surface area is 321 Å². The third kappa shape index (κ3) is 6.84. The lowest BCUT2D eigenvalue weighted by Crippen LogP contribution is -2.36. The van der Waals surface area contributed by atoms with Crippen molar-refractivity contribution in [2.75, 3.05) is 19.7 Å². The third-order valence-electron chi connectivity index (χ3n) is 11.1. The van der Waals surface area contributed by atoms with Crippen molar-refractivity contribution in [2.24, 2.45) is 5.92 Å². The lowest BCUT2D eigenvalue weighted by Gasteiger charge is -2.35. The van der Waals surface area contributed by atoms with Crippen molar-refractivity contribution in [3.05, 3.63) is 71.6 Å². The molecule has 5 aliphatic rings. The minimum absolute atomic E-state index is 0.0654. The van der Waals surface area contributed by atoms with Crippen molar-refractivity contribution in [3.8, 4) is 34.0 Å². The molecule has 12 heteroatoms. The fourth-order valence-corrected chi connectivity index (χ4v) is 8.42. The molecular weight excluding hydrogens is 697 g/mol. The second-order valence-corrected chi connectivity index (χ2v) is 17.5. The van der Waals surface area contributed by atoms with Gasteiger partial charge in [0.1, 0.15) is 47.1 Å². The number of amides is 2. The molecule has 0 spiro atoms. The van der Waals surface area contributed by atoms with Crippen molar-refractivity contribution in [3.63, 3.8) is 0 Å². The van der Waals surface area contributed by atoms with E-state index >= 15 is 0 Å². The Balaban J connectivity index is 0.967. The highest BCUT2D eigenvalue weighted by Gasteiger charge is 2.43. The zero-order valence-corrected chi connectivity index (χ0v) is 32.5. The van der Waals surface area contributed by atoms with Crippen molar-refractivity contribution in [1.82, 2.24) is 29.7 Å². The number of nitrogens with one attached hydrogen (secondary N) is 2. The molecule has 1 aliphatic carbocycles. The van der Waals surface area contributed by atoms with E-state index in [-0.39, 0.29) is 30.4 Å². The summed E-state index contributed by atoms with van der Waals surface area (Å²) >= 11 is 0. The van der Waals surface area contributed by atoms with Gasteiger partial charge in [-0.25, -0.2) is 19.6 Å². The molecule has 0 bridgehead atoms. The summed E-state index contributed by atoms with van der Waals surface area (Å²) in [4.78, 5) is 45.9. The highest BCUT2D eigenvalue weighted by atomic mass is 16.6. The molecule has 1 saturated carbocycles. The maximum atomic E-state index is 13.0. The Hall–Kier alpha value is -5.26. The number of hydrogen-bond donors (Lipinski definition) is 2. The Morgan fingerprint density at radius 2 is 1.25 bits per heavy atom. The fourth-order valence-electron chi connectivity index (χ4n) is 8.42. The van der Waals surface area contributed by atoms with E-state index in [1.165, 1.54) is 11.1 Å². The molecule has 3 atom stereocenters. The van der Waals surface area contributed by atoms with Crippen molar-refractivity contribution in [1.29, 1.82) is 0 Å². The van der Waals surface area contributed by atoms with E-state index in [0.29, 0.717) is 25.6 Å². The van der Waals surface area contributed by atoms with Crippen LogP contribution < -0.4 is 9.47 Å². The Morgan fingerprint density at radius 3 is 1.78 bits per heavy atom. The summed E-state index contributed by atoms with van der Waals surface area (Å²) in [5.41, 5.74) is 7.08. The highest BCUT2D eigenvalue weighted by Crippen LogP contribution is 2.52. The summed E-state index contributed by atoms with van der Waals surface area (Å²) < 4.78 is 24.8. The Morgan fingerprint density at radius 1 is 0.727 bits per heavy atom. The summed E-state index contributed by atoms with van der Waals surface area (Å²) in [5, 5.41) is 0. The van der Waals surface area contributed by atoms with Crippen LogP contribution in [0.25, 0.3) is 33.7 Å². The van der Waals surface area contributed by atoms with Crippen LogP contribution in [0.4, 0.5) is 9.59 Å². The molecule has 3 fully saturated rings. The van der Waals surface area contributed by atoms with Crippen LogP contribution in [0.5, 0.6) is 11.5 Å². The second kappa shape index (κ2) is 13.2. The number of fused-ring (bicyclic) bond motifs is 4. The fraction of sp³-hybridized carbons (Fsp3) is 0.488. The predicted octanol–water partition coefficient (Wildman–Crippen LogP) is 9.09. The summed E-state index contributed by atoms with van der Waals surface area (Å²) in [6.45, 7) is 13.1. The number of carbonyl (C=O) groups is 2. The van der Waals surface area contributed by atoms with Crippen LogP contribution in [0.2, 0.25) is 0 Å². The van der Waals surface area contributed by atoms with E-state index in [1.54, 1.807) is 9.80 Å². The number of likely N-dealkylation sites (tertiary alicyclic amines) is 2. The number of carbonyl (C=O) groups excluding carboxylic acids is 2. The van der Waals surface area contributed by atoms with Crippen LogP contribution in [-0.2, 0) is 9.47 Å². The molecule has 4 aromatic rings. The number of ether oxygens (including phenoxy) is 4. The number of nitrogens with zero attached hydrogens (tertiary/aromatic N) is 4. The highest BCUT2D eigenvalue weighted by molar-refractivity contribution is 6.00. The summed E-state index contributed by atoms with van der Waals surface area (Å²) in [5.74, 6) is 3.65. The number of hydrogen-bond acceptors (Lipinski definition) is 8. The van der Waals surface area contributed by atoms with Gasteiger partial charge >= 0.3 is 12.2 Å². The first kappa shape index (κ1) is 35.4. The molecule has 2 aromatic heterocycles. The van der Waals surface area contributed by atoms with E-state index in [9.17, 15) is 9.59 Å². The van der Waals surface area contributed by atoms with Crippen LogP contribution in [0.3, 0.4) is 0 Å². The van der Waals surface area contributed by atoms with Crippen LogP contribution in [0.15, 0.2) is 48.8 Å². The maximum Gasteiger partial charge on any atom is 0.410 e. The standard InChI is InChI=1S/C43H50N6O6/c1-42(2,3)54-40(50)48-17-7-9-32(48)38-44-21-30(46-38)25-14-16-28-34(19-25)52-23-29-27-15-13-26(20-35(27)53-37(36(28)29)24-11-12-24)31-22-45-39(47-31)33-10-8-18-49(33)41(51)55-43(4,5)6/h13-16,19-22,24,32-33,37H,7-12,17-18,23H2,1-6H3,(H,44,46)(H,45,47)/t32-,33-,37?/m0/s1.